The number of carbonyl (C=O) groups is 2. The predicted molar refractivity (Wildman–Crippen MR) is 92.8 cm³/mol. The van der Waals surface area contributed by atoms with Gasteiger partial charge in [-0.1, -0.05) is 6.07 Å². The van der Waals surface area contributed by atoms with E-state index in [1.165, 1.54) is 0 Å². The van der Waals surface area contributed by atoms with Gasteiger partial charge in [0.2, 0.25) is 11.8 Å². The Morgan fingerprint density at radius 2 is 2.08 bits per heavy atom. The van der Waals surface area contributed by atoms with E-state index in [2.05, 4.69) is 5.32 Å². The van der Waals surface area contributed by atoms with Crippen LogP contribution in [0.5, 0.6) is 0 Å². The molecule has 0 bridgehead atoms. The van der Waals surface area contributed by atoms with E-state index in [0.717, 1.165) is 37.9 Å². The molecule has 2 saturated heterocycles. The van der Waals surface area contributed by atoms with Gasteiger partial charge in [-0.25, -0.2) is 0 Å². The number of rotatable bonds is 4. The second-order valence-corrected chi connectivity index (χ2v) is 6.52. The van der Waals surface area contributed by atoms with Crippen molar-refractivity contribution in [2.75, 3.05) is 30.0 Å². The number of nitrogens with one attached hydrogen (secondary N) is 1. The van der Waals surface area contributed by atoms with Crippen LogP contribution in [-0.4, -0.2) is 37.6 Å². The summed E-state index contributed by atoms with van der Waals surface area (Å²) in [6.07, 6.45) is 4.18. The van der Waals surface area contributed by atoms with Crippen LogP contribution in [0.3, 0.4) is 0 Å². The minimum atomic E-state index is -0.533. The number of piperidine rings is 1. The Labute approximate surface area is 142 Å². The maximum Gasteiger partial charge on any atom is 0.241 e. The van der Waals surface area contributed by atoms with Crippen LogP contribution in [-0.2, 0) is 14.3 Å². The molecule has 3 rings (SSSR count). The van der Waals surface area contributed by atoms with Crippen molar-refractivity contribution in [2.24, 2.45) is 11.7 Å². The van der Waals surface area contributed by atoms with Crippen LogP contribution < -0.4 is 16.0 Å². The van der Waals surface area contributed by atoms with Crippen LogP contribution in [0, 0.1) is 5.92 Å². The summed E-state index contributed by atoms with van der Waals surface area (Å²) in [5, 5.41) is 2.89. The second-order valence-electron chi connectivity index (χ2n) is 6.52. The van der Waals surface area contributed by atoms with Crippen molar-refractivity contribution < 1.29 is 14.3 Å². The zero-order chi connectivity index (χ0) is 16.9. The van der Waals surface area contributed by atoms with E-state index in [1.54, 1.807) is 4.90 Å². The molecule has 2 aliphatic rings. The van der Waals surface area contributed by atoms with E-state index in [-0.39, 0.29) is 17.7 Å². The highest BCUT2D eigenvalue weighted by molar-refractivity contribution is 5.97. The first kappa shape index (κ1) is 16.9. The first-order valence-corrected chi connectivity index (χ1v) is 8.70. The number of anilines is 2. The average Bonchev–Trinajstić information content (AvgIpc) is 2.62. The molecular weight excluding hydrogens is 306 g/mol. The molecular formula is C18H25N3O3. The van der Waals surface area contributed by atoms with Gasteiger partial charge < -0.3 is 20.7 Å². The lowest BCUT2D eigenvalue weighted by atomic mass is 9.92. The van der Waals surface area contributed by atoms with Crippen LogP contribution in [0.25, 0.3) is 0 Å². The van der Waals surface area contributed by atoms with E-state index in [9.17, 15) is 9.59 Å². The third-order valence-corrected chi connectivity index (χ3v) is 4.83. The van der Waals surface area contributed by atoms with Crippen molar-refractivity contribution in [1.29, 1.82) is 0 Å². The molecule has 0 aromatic heterocycles. The maximum absolute atomic E-state index is 12.4. The topological polar surface area (TPSA) is 84.7 Å². The SMILES string of the molecule is NC(C(=O)Nc1cccc(N2CCCCC2=O)c1)C1CCOCC1. The Bertz CT molecular complexity index is 599. The van der Waals surface area contributed by atoms with E-state index in [1.807, 2.05) is 24.3 Å². The van der Waals surface area contributed by atoms with E-state index < -0.39 is 6.04 Å². The maximum atomic E-state index is 12.4. The molecule has 1 unspecified atom stereocenters. The fraction of sp³-hybridized carbons (Fsp3) is 0.556. The number of benzene rings is 1. The highest BCUT2D eigenvalue weighted by atomic mass is 16.5. The average molecular weight is 331 g/mol. The van der Waals surface area contributed by atoms with Gasteiger partial charge in [0, 0.05) is 37.6 Å². The second kappa shape index (κ2) is 7.77. The van der Waals surface area contributed by atoms with E-state index >= 15 is 0 Å². The third-order valence-electron chi connectivity index (χ3n) is 4.83. The zero-order valence-corrected chi connectivity index (χ0v) is 13.9. The van der Waals surface area contributed by atoms with Crippen LogP contribution in [0.15, 0.2) is 24.3 Å². The first-order valence-electron chi connectivity index (χ1n) is 8.70. The highest BCUT2D eigenvalue weighted by Gasteiger charge is 2.27. The predicted octanol–water partition coefficient (Wildman–Crippen LogP) is 1.90. The van der Waals surface area contributed by atoms with Crippen molar-refractivity contribution in [3.05, 3.63) is 24.3 Å². The van der Waals surface area contributed by atoms with Gasteiger partial charge >= 0.3 is 0 Å². The number of hydrogen-bond donors (Lipinski definition) is 2. The summed E-state index contributed by atoms with van der Waals surface area (Å²) in [4.78, 5) is 26.2. The molecule has 2 aliphatic heterocycles. The fourth-order valence-electron chi connectivity index (χ4n) is 3.35. The van der Waals surface area contributed by atoms with Gasteiger partial charge in [0.05, 0.1) is 6.04 Å². The monoisotopic (exact) mass is 331 g/mol. The number of nitrogens with zero attached hydrogens (tertiary/aromatic N) is 1. The van der Waals surface area contributed by atoms with Gasteiger partial charge in [0.15, 0.2) is 0 Å². The smallest absolute Gasteiger partial charge is 0.241 e. The minimum Gasteiger partial charge on any atom is -0.381 e. The van der Waals surface area contributed by atoms with Crippen LogP contribution in [0.1, 0.15) is 32.1 Å². The standard InChI is InChI=1S/C18H25N3O3/c19-17(13-7-10-24-11-8-13)18(23)20-14-4-3-5-15(12-14)21-9-2-1-6-16(21)22/h3-5,12-13,17H,1-2,6-11,19H2,(H,20,23). The number of hydrogen-bond acceptors (Lipinski definition) is 4. The van der Waals surface area contributed by atoms with Crippen molar-refractivity contribution in [3.63, 3.8) is 0 Å². The lowest BCUT2D eigenvalue weighted by molar-refractivity contribution is -0.120. The van der Waals surface area contributed by atoms with Gasteiger partial charge in [-0.15, -0.1) is 0 Å². The normalized spacial score (nSPS) is 20.7. The van der Waals surface area contributed by atoms with Crippen LogP contribution in [0.2, 0.25) is 0 Å². The quantitative estimate of drug-likeness (QED) is 0.882. The molecule has 1 aromatic carbocycles. The van der Waals surface area contributed by atoms with Gasteiger partial charge in [-0.05, 0) is 49.8 Å². The molecule has 2 fully saturated rings. The molecule has 1 aromatic rings. The molecule has 6 heteroatoms. The first-order chi connectivity index (χ1) is 11.6. The number of nitrogens with two attached hydrogens (primary N) is 1. The molecule has 0 radical (unpaired) electrons. The van der Waals surface area contributed by atoms with Crippen LogP contribution >= 0.6 is 0 Å². The summed E-state index contributed by atoms with van der Waals surface area (Å²) >= 11 is 0. The highest BCUT2D eigenvalue weighted by Crippen LogP contribution is 2.24. The fourth-order valence-corrected chi connectivity index (χ4v) is 3.35. The molecule has 0 spiro atoms. The van der Waals surface area contributed by atoms with Gasteiger partial charge in [-0.2, -0.15) is 0 Å². The van der Waals surface area contributed by atoms with Gasteiger partial charge in [0.1, 0.15) is 0 Å². The van der Waals surface area contributed by atoms with Gasteiger partial charge in [-0.3, -0.25) is 9.59 Å². The molecule has 1 atom stereocenters. The molecule has 0 saturated carbocycles. The minimum absolute atomic E-state index is 0.142. The Hall–Kier alpha value is -1.92. The largest absolute Gasteiger partial charge is 0.381 e. The van der Waals surface area contributed by atoms with Crippen molar-refractivity contribution in [3.8, 4) is 0 Å². The number of carbonyl (C=O) groups excluding carboxylic acids is 2. The molecule has 3 N–H and O–H groups in total. The summed E-state index contributed by atoms with van der Waals surface area (Å²) in [5.74, 6) is 0.123. The summed E-state index contributed by atoms with van der Waals surface area (Å²) < 4.78 is 5.32. The summed E-state index contributed by atoms with van der Waals surface area (Å²) in [7, 11) is 0. The molecule has 24 heavy (non-hydrogen) atoms. The number of ether oxygens (including phenoxy) is 1. The van der Waals surface area contributed by atoms with Crippen molar-refractivity contribution >= 4 is 23.2 Å². The molecule has 0 aliphatic carbocycles. The Kier molecular flexibility index (Phi) is 5.48. The Balaban J connectivity index is 1.65. The Morgan fingerprint density at radius 1 is 1.29 bits per heavy atom. The molecule has 130 valence electrons. The molecule has 2 heterocycles. The molecule has 6 nitrogen and oxygen atoms in total. The van der Waals surface area contributed by atoms with E-state index in [0.29, 0.717) is 25.3 Å². The lowest BCUT2D eigenvalue weighted by Crippen LogP contribution is -2.44. The van der Waals surface area contributed by atoms with Crippen LogP contribution in [0.4, 0.5) is 11.4 Å². The van der Waals surface area contributed by atoms with Gasteiger partial charge in [0.25, 0.3) is 0 Å². The van der Waals surface area contributed by atoms with Crippen molar-refractivity contribution in [2.45, 2.75) is 38.1 Å². The Morgan fingerprint density at radius 3 is 2.83 bits per heavy atom. The summed E-state index contributed by atoms with van der Waals surface area (Å²) in [6, 6.07) is 6.89. The zero-order valence-electron chi connectivity index (χ0n) is 13.9. The van der Waals surface area contributed by atoms with E-state index in [4.69, 9.17) is 10.5 Å². The number of amides is 2. The summed E-state index contributed by atoms with van der Waals surface area (Å²) in [6.45, 7) is 2.06. The summed E-state index contributed by atoms with van der Waals surface area (Å²) in [5.41, 5.74) is 7.62. The lowest BCUT2D eigenvalue weighted by Gasteiger charge is -2.28. The third kappa shape index (κ3) is 3.94. The molecule has 2 amide bonds. The van der Waals surface area contributed by atoms with Crippen molar-refractivity contribution in [1.82, 2.24) is 0 Å².